The van der Waals surface area contributed by atoms with Crippen molar-refractivity contribution in [2.75, 3.05) is 0 Å². The third kappa shape index (κ3) is 3.48. The summed E-state index contributed by atoms with van der Waals surface area (Å²) in [4.78, 5) is 12.2. The molecule has 0 bridgehead atoms. The maximum Gasteiger partial charge on any atom is 0.438 e. The van der Waals surface area contributed by atoms with Crippen LogP contribution in [-0.2, 0) is 17.5 Å². The van der Waals surface area contributed by atoms with Gasteiger partial charge in [-0.05, 0) is 13.0 Å². The van der Waals surface area contributed by atoms with Gasteiger partial charge >= 0.3 is 12.4 Å². The van der Waals surface area contributed by atoms with E-state index in [-0.39, 0.29) is 10.7 Å². The van der Waals surface area contributed by atoms with Crippen molar-refractivity contribution in [3.05, 3.63) is 17.5 Å². The fourth-order valence-electron chi connectivity index (χ4n) is 2.29. The first-order valence-electron chi connectivity index (χ1n) is 7.04. The molecule has 0 saturated heterocycles. The predicted molar refractivity (Wildman–Crippen MR) is 72.1 cm³/mol. The second-order valence-corrected chi connectivity index (χ2v) is 5.72. The van der Waals surface area contributed by atoms with Crippen molar-refractivity contribution >= 4 is 12.1 Å². The number of hydrazone groups is 1. The maximum atomic E-state index is 13.0. The van der Waals surface area contributed by atoms with Crippen molar-refractivity contribution in [1.29, 1.82) is 0 Å². The van der Waals surface area contributed by atoms with Gasteiger partial charge < -0.3 is 5.11 Å². The van der Waals surface area contributed by atoms with Crippen molar-refractivity contribution in [3.63, 3.8) is 0 Å². The molecule has 0 aromatic carbocycles. The van der Waals surface area contributed by atoms with Crippen LogP contribution < -0.4 is 0 Å². The zero-order valence-electron chi connectivity index (χ0n) is 13.1. The summed E-state index contributed by atoms with van der Waals surface area (Å²) in [6, 6.07) is 0.761. The van der Waals surface area contributed by atoms with Gasteiger partial charge in [0.15, 0.2) is 5.69 Å². The Labute approximate surface area is 137 Å². The molecule has 1 aromatic rings. The number of hydrogen-bond acceptors (Lipinski definition) is 4. The number of halogens is 6. The number of aromatic nitrogens is 2. The maximum absolute atomic E-state index is 13.0. The summed E-state index contributed by atoms with van der Waals surface area (Å²) in [6.45, 7) is 2.13. The van der Waals surface area contributed by atoms with Crippen molar-refractivity contribution < 1.29 is 36.2 Å². The first-order chi connectivity index (χ1) is 11.3. The van der Waals surface area contributed by atoms with Gasteiger partial charge in [-0.2, -0.15) is 41.6 Å². The summed E-state index contributed by atoms with van der Waals surface area (Å²) in [5.41, 5.74) is -4.55. The number of amides is 1. The number of carbonyl (C=O) groups excluding carboxylic acids is 1. The highest BCUT2D eigenvalue weighted by Crippen LogP contribution is 2.39. The van der Waals surface area contributed by atoms with E-state index >= 15 is 0 Å². The standard InChI is InChI=1S/C13H14F6N4O2/c1-7(6-22-8(2)5-9(21-22)12(14,15)16)10(24)23-11(25,3-4-20-23)13(17,18)19/h4-5,7,25H,3,6H2,1-2H3/t7-,11-/m0/s1. The molecule has 25 heavy (non-hydrogen) atoms. The van der Waals surface area contributed by atoms with Gasteiger partial charge in [-0.3, -0.25) is 9.48 Å². The van der Waals surface area contributed by atoms with E-state index < -0.39 is 48.6 Å². The molecular formula is C13H14F6N4O2. The number of carbonyl (C=O) groups is 1. The van der Waals surface area contributed by atoms with Crippen LogP contribution in [0.3, 0.4) is 0 Å². The quantitative estimate of drug-likeness (QED) is 0.828. The second-order valence-electron chi connectivity index (χ2n) is 5.72. The lowest BCUT2D eigenvalue weighted by molar-refractivity contribution is -0.303. The van der Waals surface area contributed by atoms with E-state index in [9.17, 15) is 36.2 Å². The smallest absolute Gasteiger partial charge is 0.362 e. The number of rotatable bonds is 3. The fraction of sp³-hybridized carbons (Fsp3) is 0.615. The SMILES string of the molecule is Cc1cc(C(F)(F)F)nn1C[C@H](C)C(=O)N1N=CC[C@]1(O)C(F)(F)F. The van der Waals surface area contributed by atoms with Crippen LogP contribution in [0.15, 0.2) is 11.2 Å². The highest BCUT2D eigenvalue weighted by molar-refractivity contribution is 5.82. The summed E-state index contributed by atoms with van der Waals surface area (Å²) in [6.07, 6.45) is -9.99. The lowest BCUT2D eigenvalue weighted by atomic mass is 10.1. The van der Waals surface area contributed by atoms with E-state index in [1.165, 1.54) is 13.8 Å². The Bertz CT molecular complexity index is 696. The number of nitrogens with zero attached hydrogens (tertiary/aromatic N) is 4. The molecule has 1 aromatic heterocycles. The zero-order chi connectivity index (χ0) is 19.2. The molecule has 1 amide bonds. The minimum absolute atomic E-state index is 0.0822. The Morgan fingerprint density at radius 3 is 2.44 bits per heavy atom. The summed E-state index contributed by atoms with van der Waals surface area (Å²) in [5, 5.41) is 16.2. The largest absolute Gasteiger partial charge is 0.438 e. The molecule has 0 saturated carbocycles. The Balaban J connectivity index is 2.19. The third-order valence-electron chi connectivity index (χ3n) is 3.73. The van der Waals surface area contributed by atoms with Crippen molar-refractivity contribution in [2.24, 2.45) is 11.0 Å². The van der Waals surface area contributed by atoms with E-state index in [1.54, 1.807) is 0 Å². The molecule has 0 aliphatic carbocycles. The average molecular weight is 372 g/mol. The average Bonchev–Trinajstić information content (AvgIpc) is 3.02. The highest BCUT2D eigenvalue weighted by atomic mass is 19.4. The second kappa shape index (κ2) is 6.00. The zero-order valence-corrected chi connectivity index (χ0v) is 13.1. The number of hydrogen-bond donors (Lipinski definition) is 1. The van der Waals surface area contributed by atoms with Gasteiger partial charge in [0, 0.05) is 18.3 Å². The predicted octanol–water partition coefficient (Wildman–Crippen LogP) is 2.32. The Hall–Kier alpha value is -2.11. The summed E-state index contributed by atoms with van der Waals surface area (Å²) in [5.74, 6) is -2.39. The number of aryl methyl sites for hydroxylation is 1. The van der Waals surface area contributed by atoms with E-state index in [0.29, 0.717) is 0 Å². The normalized spacial score (nSPS) is 22.5. The van der Waals surface area contributed by atoms with Crippen LogP contribution in [-0.4, -0.2) is 43.9 Å². The van der Waals surface area contributed by atoms with E-state index in [4.69, 9.17) is 0 Å². The van der Waals surface area contributed by atoms with Crippen molar-refractivity contribution in [1.82, 2.24) is 14.8 Å². The molecule has 0 radical (unpaired) electrons. The molecule has 0 fully saturated rings. The van der Waals surface area contributed by atoms with Crippen LogP contribution in [0.1, 0.15) is 24.7 Å². The summed E-state index contributed by atoms with van der Waals surface area (Å²) < 4.78 is 77.7. The first-order valence-corrected chi connectivity index (χ1v) is 7.04. The molecule has 140 valence electrons. The molecule has 6 nitrogen and oxygen atoms in total. The van der Waals surface area contributed by atoms with Crippen molar-refractivity contribution in [3.8, 4) is 0 Å². The molecule has 1 aliphatic heterocycles. The summed E-state index contributed by atoms with van der Waals surface area (Å²) >= 11 is 0. The van der Waals surface area contributed by atoms with E-state index in [1.807, 2.05) is 0 Å². The van der Waals surface area contributed by atoms with Crippen LogP contribution in [0, 0.1) is 12.8 Å². The van der Waals surface area contributed by atoms with Gasteiger partial charge in [-0.15, -0.1) is 0 Å². The number of aliphatic hydroxyl groups is 1. The topological polar surface area (TPSA) is 70.7 Å². The first kappa shape index (κ1) is 19.2. The molecule has 2 rings (SSSR count). The van der Waals surface area contributed by atoms with Crippen LogP contribution >= 0.6 is 0 Å². The van der Waals surface area contributed by atoms with Crippen LogP contribution in [0.5, 0.6) is 0 Å². The Morgan fingerprint density at radius 2 is 1.96 bits per heavy atom. The molecule has 0 spiro atoms. The van der Waals surface area contributed by atoms with Gasteiger partial charge in [-0.1, -0.05) is 6.92 Å². The molecule has 1 aliphatic rings. The minimum atomic E-state index is -5.13. The van der Waals surface area contributed by atoms with Gasteiger partial charge in [-0.25, -0.2) is 0 Å². The van der Waals surface area contributed by atoms with Crippen LogP contribution in [0.25, 0.3) is 0 Å². The minimum Gasteiger partial charge on any atom is -0.362 e. The van der Waals surface area contributed by atoms with Gasteiger partial charge in [0.25, 0.3) is 5.72 Å². The lowest BCUT2D eigenvalue weighted by Crippen LogP contribution is -2.57. The van der Waals surface area contributed by atoms with E-state index in [2.05, 4.69) is 10.2 Å². The summed E-state index contributed by atoms with van der Waals surface area (Å²) in [7, 11) is 0. The van der Waals surface area contributed by atoms with Crippen molar-refractivity contribution in [2.45, 2.75) is 44.9 Å². The van der Waals surface area contributed by atoms with Crippen LogP contribution in [0.2, 0.25) is 0 Å². The highest BCUT2D eigenvalue weighted by Gasteiger charge is 2.61. The molecule has 2 atom stereocenters. The third-order valence-corrected chi connectivity index (χ3v) is 3.73. The van der Waals surface area contributed by atoms with Gasteiger partial charge in [0.1, 0.15) is 0 Å². The fourth-order valence-corrected chi connectivity index (χ4v) is 2.29. The molecule has 1 N–H and O–H groups in total. The Morgan fingerprint density at radius 1 is 1.36 bits per heavy atom. The molecule has 2 heterocycles. The molecular weight excluding hydrogens is 358 g/mol. The lowest BCUT2D eigenvalue weighted by Gasteiger charge is -2.33. The molecule has 0 unspecified atom stereocenters. The van der Waals surface area contributed by atoms with E-state index in [0.717, 1.165) is 17.0 Å². The molecule has 12 heteroatoms. The van der Waals surface area contributed by atoms with Gasteiger partial charge in [0.05, 0.1) is 12.5 Å². The van der Waals surface area contributed by atoms with Crippen LogP contribution in [0.4, 0.5) is 26.3 Å². The number of alkyl halides is 6. The Kier molecular flexibility index (Phi) is 4.61. The monoisotopic (exact) mass is 372 g/mol. The van der Waals surface area contributed by atoms with Gasteiger partial charge in [0.2, 0.25) is 5.91 Å².